The Hall–Kier alpha value is -1.39. The van der Waals surface area contributed by atoms with Crippen molar-refractivity contribution in [1.29, 1.82) is 0 Å². The Kier molecular flexibility index (Phi) is 3.76. The average Bonchev–Trinajstić information content (AvgIpc) is 3.09. The molecule has 0 saturated heterocycles. The SMILES string of the molecule is CC(C)n1c(-c2cccs2)ccc(CNC2CC2)c1=O. The van der Waals surface area contributed by atoms with Gasteiger partial charge in [0.15, 0.2) is 0 Å². The van der Waals surface area contributed by atoms with E-state index in [4.69, 9.17) is 0 Å². The summed E-state index contributed by atoms with van der Waals surface area (Å²) in [6.45, 7) is 4.81. The number of hydrogen-bond donors (Lipinski definition) is 1. The summed E-state index contributed by atoms with van der Waals surface area (Å²) in [5.74, 6) is 0. The van der Waals surface area contributed by atoms with Crippen molar-refractivity contribution in [3.05, 3.63) is 45.6 Å². The third kappa shape index (κ3) is 2.72. The van der Waals surface area contributed by atoms with Gasteiger partial charge in [0, 0.05) is 24.2 Å². The zero-order valence-corrected chi connectivity index (χ0v) is 12.7. The molecule has 1 saturated carbocycles. The summed E-state index contributed by atoms with van der Waals surface area (Å²) in [7, 11) is 0. The van der Waals surface area contributed by atoms with Gasteiger partial charge < -0.3 is 9.88 Å². The van der Waals surface area contributed by atoms with Crippen LogP contribution >= 0.6 is 11.3 Å². The molecule has 2 aromatic rings. The van der Waals surface area contributed by atoms with Crippen molar-refractivity contribution in [3.63, 3.8) is 0 Å². The Morgan fingerprint density at radius 1 is 1.35 bits per heavy atom. The smallest absolute Gasteiger partial charge is 0.255 e. The molecule has 3 nitrogen and oxygen atoms in total. The lowest BCUT2D eigenvalue weighted by atomic mass is 10.2. The largest absolute Gasteiger partial charge is 0.310 e. The van der Waals surface area contributed by atoms with E-state index in [1.807, 2.05) is 22.1 Å². The van der Waals surface area contributed by atoms with Gasteiger partial charge in [0.1, 0.15) is 0 Å². The maximum Gasteiger partial charge on any atom is 0.255 e. The molecule has 0 amide bonds. The van der Waals surface area contributed by atoms with Crippen molar-refractivity contribution in [2.75, 3.05) is 0 Å². The summed E-state index contributed by atoms with van der Waals surface area (Å²) >= 11 is 1.68. The molecule has 20 heavy (non-hydrogen) atoms. The molecule has 0 spiro atoms. The van der Waals surface area contributed by atoms with E-state index in [1.165, 1.54) is 12.8 Å². The van der Waals surface area contributed by atoms with Crippen LogP contribution in [0.2, 0.25) is 0 Å². The summed E-state index contributed by atoms with van der Waals surface area (Å²) in [6.07, 6.45) is 2.48. The topological polar surface area (TPSA) is 34.0 Å². The van der Waals surface area contributed by atoms with Gasteiger partial charge in [0.2, 0.25) is 0 Å². The molecule has 0 radical (unpaired) electrons. The fourth-order valence-corrected chi connectivity index (χ4v) is 3.16. The zero-order valence-electron chi connectivity index (χ0n) is 11.9. The van der Waals surface area contributed by atoms with Gasteiger partial charge in [-0.05, 0) is 44.2 Å². The van der Waals surface area contributed by atoms with Gasteiger partial charge in [0.05, 0.1) is 10.6 Å². The van der Waals surface area contributed by atoms with Crippen LogP contribution < -0.4 is 10.9 Å². The van der Waals surface area contributed by atoms with Crippen molar-refractivity contribution in [2.45, 2.75) is 45.3 Å². The molecule has 106 valence electrons. The Morgan fingerprint density at radius 3 is 2.75 bits per heavy atom. The Bertz CT molecular complexity index is 639. The van der Waals surface area contributed by atoms with E-state index in [9.17, 15) is 4.79 Å². The first-order valence-corrected chi connectivity index (χ1v) is 8.06. The van der Waals surface area contributed by atoms with E-state index in [1.54, 1.807) is 11.3 Å². The number of nitrogens with one attached hydrogen (secondary N) is 1. The molecule has 1 N–H and O–H groups in total. The molecule has 0 unspecified atom stereocenters. The van der Waals surface area contributed by atoms with E-state index >= 15 is 0 Å². The maximum atomic E-state index is 12.7. The second-order valence-electron chi connectivity index (χ2n) is 5.65. The highest BCUT2D eigenvalue weighted by Gasteiger charge is 2.21. The van der Waals surface area contributed by atoms with Crippen LogP contribution in [0.5, 0.6) is 0 Å². The van der Waals surface area contributed by atoms with Crippen molar-refractivity contribution in [2.24, 2.45) is 0 Å². The third-order valence-electron chi connectivity index (χ3n) is 3.64. The van der Waals surface area contributed by atoms with Gasteiger partial charge in [-0.1, -0.05) is 12.1 Å². The Morgan fingerprint density at radius 2 is 2.15 bits per heavy atom. The lowest BCUT2D eigenvalue weighted by Crippen LogP contribution is -2.29. The summed E-state index contributed by atoms with van der Waals surface area (Å²) in [6, 6.07) is 8.94. The standard InChI is InChI=1S/C16H20N2OS/c1-11(2)18-14(15-4-3-9-20-15)8-5-12(16(18)19)10-17-13-6-7-13/h3-5,8-9,11,13,17H,6-7,10H2,1-2H3. The van der Waals surface area contributed by atoms with Crippen molar-refractivity contribution in [3.8, 4) is 10.6 Å². The van der Waals surface area contributed by atoms with Gasteiger partial charge in [-0.2, -0.15) is 0 Å². The molecule has 1 aliphatic rings. The second-order valence-corrected chi connectivity index (χ2v) is 6.59. The molecule has 1 fully saturated rings. The lowest BCUT2D eigenvalue weighted by molar-refractivity contribution is 0.573. The van der Waals surface area contributed by atoms with E-state index in [0.717, 1.165) is 16.1 Å². The molecule has 2 aromatic heterocycles. The van der Waals surface area contributed by atoms with Gasteiger partial charge in [0.25, 0.3) is 5.56 Å². The fraction of sp³-hybridized carbons (Fsp3) is 0.438. The van der Waals surface area contributed by atoms with Crippen LogP contribution in [-0.4, -0.2) is 10.6 Å². The lowest BCUT2D eigenvalue weighted by Gasteiger charge is -2.17. The molecule has 1 aliphatic carbocycles. The monoisotopic (exact) mass is 288 g/mol. The number of thiophene rings is 1. The first kappa shape index (κ1) is 13.6. The number of nitrogens with zero attached hydrogens (tertiary/aromatic N) is 1. The molecular formula is C16H20N2OS. The highest BCUT2D eigenvalue weighted by molar-refractivity contribution is 7.13. The first-order chi connectivity index (χ1) is 9.66. The fourth-order valence-electron chi connectivity index (χ4n) is 2.41. The minimum absolute atomic E-state index is 0.138. The summed E-state index contributed by atoms with van der Waals surface area (Å²) in [5.41, 5.74) is 2.03. The zero-order chi connectivity index (χ0) is 14.1. The average molecular weight is 288 g/mol. The van der Waals surface area contributed by atoms with Crippen molar-refractivity contribution >= 4 is 11.3 Å². The van der Waals surface area contributed by atoms with E-state index in [-0.39, 0.29) is 11.6 Å². The summed E-state index contributed by atoms with van der Waals surface area (Å²) in [4.78, 5) is 13.8. The highest BCUT2D eigenvalue weighted by Crippen LogP contribution is 2.26. The number of hydrogen-bond acceptors (Lipinski definition) is 3. The van der Waals surface area contributed by atoms with Gasteiger partial charge >= 0.3 is 0 Å². The molecule has 0 bridgehead atoms. The minimum atomic E-state index is 0.138. The Balaban J connectivity index is 1.99. The van der Waals surface area contributed by atoms with Crippen LogP contribution in [0.4, 0.5) is 0 Å². The van der Waals surface area contributed by atoms with E-state index < -0.39 is 0 Å². The molecular weight excluding hydrogens is 268 g/mol. The summed E-state index contributed by atoms with van der Waals surface area (Å²) in [5, 5.41) is 5.47. The number of pyridine rings is 1. The molecule has 3 rings (SSSR count). The minimum Gasteiger partial charge on any atom is -0.310 e. The Labute approximate surface area is 123 Å². The molecule has 0 aliphatic heterocycles. The molecule has 0 atom stereocenters. The first-order valence-electron chi connectivity index (χ1n) is 7.18. The molecule has 4 heteroatoms. The second kappa shape index (κ2) is 5.54. The van der Waals surface area contributed by atoms with E-state index in [0.29, 0.717) is 12.6 Å². The number of rotatable bonds is 5. The van der Waals surface area contributed by atoms with Crippen LogP contribution in [0, 0.1) is 0 Å². The molecule has 2 heterocycles. The van der Waals surface area contributed by atoms with Crippen LogP contribution in [0.3, 0.4) is 0 Å². The third-order valence-corrected chi connectivity index (χ3v) is 4.54. The predicted molar refractivity (Wildman–Crippen MR) is 84.3 cm³/mol. The quantitative estimate of drug-likeness (QED) is 0.915. The van der Waals surface area contributed by atoms with Crippen LogP contribution in [0.25, 0.3) is 10.6 Å². The molecule has 0 aromatic carbocycles. The van der Waals surface area contributed by atoms with Gasteiger partial charge in [-0.3, -0.25) is 4.79 Å². The van der Waals surface area contributed by atoms with E-state index in [2.05, 4.69) is 31.3 Å². The van der Waals surface area contributed by atoms with Crippen LogP contribution in [-0.2, 0) is 6.54 Å². The van der Waals surface area contributed by atoms with Gasteiger partial charge in [-0.25, -0.2) is 0 Å². The highest BCUT2D eigenvalue weighted by atomic mass is 32.1. The number of aromatic nitrogens is 1. The predicted octanol–water partition coefficient (Wildman–Crippen LogP) is 3.41. The van der Waals surface area contributed by atoms with Crippen LogP contribution in [0.1, 0.15) is 38.3 Å². The van der Waals surface area contributed by atoms with Crippen molar-refractivity contribution in [1.82, 2.24) is 9.88 Å². The normalized spacial score (nSPS) is 14.9. The summed E-state index contributed by atoms with van der Waals surface area (Å²) < 4.78 is 1.91. The maximum absolute atomic E-state index is 12.7. The van der Waals surface area contributed by atoms with Gasteiger partial charge in [-0.15, -0.1) is 11.3 Å². The van der Waals surface area contributed by atoms with Crippen molar-refractivity contribution < 1.29 is 0 Å². The van der Waals surface area contributed by atoms with Crippen LogP contribution in [0.15, 0.2) is 34.4 Å².